The Morgan fingerprint density at radius 3 is 1.67 bits per heavy atom. The van der Waals surface area contributed by atoms with Crippen molar-refractivity contribution in [1.82, 2.24) is 0 Å². The van der Waals surface area contributed by atoms with Gasteiger partial charge in [0.25, 0.3) is 0 Å². The van der Waals surface area contributed by atoms with Crippen molar-refractivity contribution in [1.29, 1.82) is 10.5 Å². The van der Waals surface area contributed by atoms with E-state index in [1.54, 1.807) is 19.2 Å². The zero-order valence-electron chi connectivity index (χ0n) is 15.3. The summed E-state index contributed by atoms with van der Waals surface area (Å²) < 4.78 is 5.34. The van der Waals surface area contributed by atoms with Crippen LogP contribution in [-0.4, -0.2) is 7.11 Å². The van der Waals surface area contributed by atoms with Gasteiger partial charge in [0.1, 0.15) is 5.75 Å². The highest BCUT2D eigenvalue weighted by Crippen LogP contribution is 2.38. The summed E-state index contributed by atoms with van der Waals surface area (Å²) in [6, 6.07) is 11.8. The average Bonchev–Trinajstić information content (AvgIpc) is 2.63. The van der Waals surface area contributed by atoms with E-state index in [1.165, 1.54) is 0 Å². The first-order chi connectivity index (χ1) is 13.1. The van der Waals surface area contributed by atoms with E-state index in [0.29, 0.717) is 5.75 Å². The Labute approximate surface area is 159 Å². The molecule has 0 unspecified atom stereocenters. The summed E-state index contributed by atoms with van der Waals surface area (Å²) in [6.45, 7) is 16.9. The summed E-state index contributed by atoms with van der Waals surface area (Å²) in [5, 5.41) is 18.6. The Kier molecular flexibility index (Phi) is 6.55. The Bertz CT molecular complexity index is 952. The molecule has 2 aromatic carbocycles. The Hall–Kier alpha value is -3.80. The third-order valence-corrected chi connectivity index (χ3v) is 4.24. The van der Waals surface area contributed by atoms with Crippen LogP contribution in [0.15, 0.2) is 24.3 Å². The molecule has 0 aliphatic rings. The summed E-state index contributed by atoms with van der Waals surface area (Å²) in [6.07, 6.45) is 0.293. The second-order valence-electron chi connectivity index (χ2n) is 6.08. The molecule has 0 aliphatic heterocycles. The van der Waals surface area contributed by atoms with Gasteiger partial charge in [-0.05, 0) is 53.4 Å². The molecule has 0 fully saturated rings. The van der Waals surface area contributed by atoms with E-state index < -0.39 is 0 Å². The van der Waals surface area contributed by atoms with Gasteiger partial charge in [-0.1, -0.05) is 0 Å². The van der Waals surface area contributed by atoms with Crippen LogP contribution in [0.25, 0.3) is 20.8 Å². The first-order valence-electron chi connectivity index (χ1n) is 8.32. The Balaban J connectivity index is 2.95. The smallest absolute Gasteiger partial charge is 0.240 e. The molecule has 0 atom stereocenters. The topological polar surface area (TPSA) is 65.5 Å². The number of hydrogen-bond acceptors (Lipinski definition) is 3. The number of hydrogen-bond donors (Lipinski definition) is 0. The molecule has 0 saturated heterocycles. The minimum Gasteiger partial charge on any atom is -0.497 e. The lowest BCUT2D eigenvalue weighted by Crippen LogP contribution is -2.03. The van der Waals surface area contributed by atoms with Gasteiger partial charge in [0.2, 0.25) is 13.1 Å². The second kappa shape index (κ2) is 9.05. The monoisotopic (exact) mass is 354 g/mol. The molecule has 5 heteroatoms. The van der Waals surface area contributed by atoms with Crippen LogP contribution < -0.4 is 4.74 Å². The molecule has 0 radical (unpaired) electrons. The van der Waals surface area contributed by atoms with E-state index in [4.69, 9.17) is 17.9 Å². The van der Waals surface area contributed by atoms with Crippen molar-refractivity contribution in [2.75, 3.05) is 7.11 Å². The van der Waals surface area contributed by atoms with Crippen LogP contribution in [0.5, 0.6) is 5.75 Å². The zero-order valence-corrected chi connectivity index (χ0v) is 15.3. The van der Waals surface area contributed by atoms with Crippen molar-refractivity contribution in [3.63, 3.8) is 0 Å². The molecule has 2 rings (SSSR count). The van der Waals surface area contributed by atoms with Gasteiger partial charge in [0.15, 0.2) is 0 Å². The van der Waals surface area contributed by atoms with E-state index in [2.05, 4.69) is 21.8 Å². The lowest BCUT2D eigenvalue weighted by atomic mass is 9.85. The number of methoxy groups -OCH3 is 1. The number of rotatable bonds is 6. The molecule has 0 bridgehead atoms. The van der Waals surface area contributed by atoms with E-state index in [0.717, 1.165) is 38.9 Å². The van der Waals surface area contributed by atoms with Crippen molar-refractivity contribution >= 4 is 0 Å². The summed E-state index contributed by atoms with van der Waals surface area (Å²) in [5.74, 6) is 0.583. The molecule has 27 heavy (non-hydrogen) atoms. The molecule has 0 aromatic heterocycles. The van der Waals surface area contributed by atoms with Gasteiger partial charge < -0.3 is 14.4 Å². The molecule has 0 saturated carbocycles. The van der Waals surface area contributed by atoms with E-state index >= 15 is 0 Å². The quantitative estimate of drug-likeness (QED) is 0.710. The van der Waals surface area contributed by atoms with Crippen LogP contribution in [0.3, 0.4) is 0 Å². The molecule has 132 valence electrons. The largest absolute Gasteiger partial charge is 0.497 e. The second-order valence-corrected chi connectivity index (χ2v) is 6.08. The molecule has 0 spiro atoms. The molecular weight excluding hydrogens is 336 g/mol. The normalized spacial score (nSPS) is 9.56. The Morgan fingerprint density at radius 2 is 1.30 bits per heavy atom. The van der Waals surface area contributed by atoms with E-state index in [-0.39, 0.29) is 25.9 Å². The fourth-order valence-corrected chi connectivity index (χ4v) is 3.31. The fraction of sp³-hybridized carbons (Fsp3) is 0.273. The van der Waals surface area contributed by atoms with Crippen LogP contribution >= 0.6 is 0 Å². The molecule has 2 aromatic rings. The summed E-state index contributed by atoms with van der Waals surface area (Å²) >= 11 is 0. The first kappa shape index (κ1) is 19.5. The van der Waals surface area contributed by atoms with Crippen molar-refractivity contribution in [3.8, 4) is 29.0 Å². The van der Waals surface area contributed by atoms with Crippen LogP contribution in [0.2, 0.25) is 0 Å². The van der Waals surface area contributed by atoms with Crippen molar-refractivity contribution in [2.45, 2.75) is 32.9 Å². The number of aryl methyl sites for hydroxylation is 1. The fourth-order valence-electron chi connectivity index (χ4n) is 3.31. The minimum absolute atomic E-state index is 0.147. The van der Waals surface area contributed by atoms with Gasteiger partial charge in [-0.15, -0.1) is 0 Å². The third-order valence-electron chi connectivity index (χ3n) is 4.24. The van der Waals surface area contributed by atoms with Crippen LogP contribution in [0, 0.1) is 42.7 Å². The Morgan fingerprint density at radius 1 is 0.852 bits per heavy atom. The van der Waals surface area contributed by atoms with Crippen LogP contribution in [0.1, 0.15) is 27.8 Å². The summed E-state index contributed by atoms with van der Waals surface area (Å²) in [7, 11) is 1.54. The number of benzene rings is 2. The maximum Gasteiger partial charge on any atom is 0.240 e. The standard InChI is InChI=1S/C22H18N4O/c1-15-9-18(13-25-2)22(19(10-15)14-26-3)21-16(5-7-23)11-20(27-4)12-17(21)6-8-24/h9-12H,5-6,13-14H2,1,4H3. The third kappa shape index (κ3) is 4.24. The molecular formula is C22H18N4O. The summed E-state index contributed by atoms with van der Waals surface area (Å²) in [4.78, 5) is 7.07. The molecule has 0 heterocycles. The number of nitrogens with zero attached hydrogens (tertiary/aromatic N) is 4. The maximum atomic E-state index is 9.31. The lowest BCUT2D eigenvalue weighted by molar-refractivity contribution is 0.414. The highest BCUT2D eigenvalue weighted by Gasteiger charge is 2.22. The van der Waals surface area contributed by atoms with E-state index in [9.17, 15) is 10.5 Å². The highest BCUT2D eigenvalue weighted by molar-refractivity contribution is 5.79. The average molecular weight is 354 g/mol. The lowest BCUT2D eigenvalue weighted by Gasteiger charge is -2.18. The highest BCUT2D eigenvalue weighted by atomic mass is 16.5. The molecule has 5 nitrogen and oxygen atoms in total. The van der Waals surface area contributed by atoms with Gasteiger partial charge in [-0.25, -0.2) is 13.1 Å². The van der Waals surface area contributed by atoms with Crippen molar-refractivity contribution in [3.05, 3.63) is 74.9 Å². The maximum absolute atomic E-state index is 9.31. The predicted molar refractivity (Wildman–Crippen MR) is 102 cm³/mol. The van der Waals surface area contributed by atoms with Gasteiger partial charge in [-0.3, -0.25) is 0 Å². The predicted octanol–water partition coefficient (Wildman–Crippen LogP) is 4.64. The summed E-state index contributed by atoms with van der Waals surface area (Å²) in [5.41, 5.74) is 5.65. The van der Waals surface area contributed by atoms with Crippen LogP contribution in [0.4, 0.5) is 0 Å². The number of nitriles is 2. The van der Waals surface area contributed by atoms with Gasteiger partial charge in [0, 0.05) is 16.7 Å². The van der Waals surface area contributed by atoms with Crippen LogP contribution in [-0.2, 0) is 25.9 Å². The van der Waals surface area contributed by atoms with Gasteiger partial charge in [-0.2, -0.15) is 10.5 Å². The molecule has 0 amide bonds. The van der Waals surface area contributed by atoms with Gasteiger partial charge in [0.05, 0.1) is 32.1 Å². The minimum atomic E-state index is 0.147. The molecule has 0 N–H and O–H groups in total. The molecule has 0 aliphatic carbocycles. The number of ether oxygens (including phenoxy) is 1. The first-order valence-corrected chi connectivity index (χ1v) is 8.32. The zero-order chi connectivity index (χ0) is 19.8. The van der Waals surface area contributed by atoms with Crippen molar-refractivity contribution < 1.29 is 4.74 Å². The SMILES string of the molecule is [C-]#[N+]Cc1cc(C)cc(C[N+]#[C-])c1-c1c(CC#N)cc(OC)cc1CC#N. The van der Waals surface area contributed by atoms with E-state index in [1.807, 2.05) is 19.1 Å². The van der Waals surface area contributed by atoms with Crippen molar-refractivity contribution in [2.24, 2.45) is 0 Å². The van der Waals surface area contributed by atoms with Gasteiger partial charge >= 0.3 is 0 Å².